The highest BCUT2D eigenvalue weighted by Gasteiger charge is 2.60. The Bertz CT molecular complexity index is 272. The van der Waals surface area contributed by atoms with Gasteiger partial charge in [0.25, 0.3) is 0 Å². The zero-order valence-electron chi connectivity index (χ0n) is 14.4. The van der Waals surface area contributed by atoms with Gasteiger partial charge in [-0.15, -0.1) is 0 Å². The highest BCUT2D eigenvalue weighted by Crippen LogP contribution is 2.47. The van der Waals surface area contributed by atoms with Gasteiger partial charge in [0.2, 0.25) is 0 Å². The summed E-state index contributed by atoms with van der Waals surface area (Å²) in [6, 6.07) is 1.07. The van der Waals surface area contributed by atoms with Crippen molar-refractivity contribution in [2.75, 3.05) is 19.8 Å². The molecule has 1 aliphatic heterocycles. The molecule has 4 heteroatoms. The minimum Gasteiger partial charge on any atom is -0.393 e. The summed E-state index contributed by atoms with van der Waals surface area (Å²) in [4.78, 5) is 0. The second kappa shape index (κ2) is 7.39. The van der Waals surface area contributed by atoms with Crippen molar-refractivity contribution >= 4 is 8.56 Å². The van der Waals surface area contributed by atoms with Crippen molar-refractivity contribution in [1.29, 1.82) is 0 Å². The summed E-state index contributed by atoms with van der Waals surface area (Å²) in [5.41, 5.74) is 0.221. The van der Waals surface area contributed by atoms with Gasteiger partial charge in [-0.05, 0) is 45.1 Å². The maximum Gasteiger partial charge on any atom is 0.371 e. The van der Waals surface area contributed by atoms with Gasteiger partial charge < -0.3 is 13.6 Å². The van der Waals surface area contributed by atoms with E-state index in [0.29, 0.717) is 0 Å². The van der Waals surface area contributed by atoms with E-state index < -0.39 is 8.56 Å². The van der Waals surface area contributed by atoms with Crippen molar-refractivity contribution in [1.82, 2.24) is 0 Å². The van der Waals surface area contributed by atoms with Crippen LogP contribution in [0.25, 0.3) is 0 Å². The van der Waals surface area contributed by atoms with E-state index in [-0.39, 0.29) is 10.6 Å². The van der Waals surface area contributed by atoms with E-state index in [1.54, 1.807) is 0 Å². The van der Waals surface area contributed by atoms with Crippen LogP contribution in [-0.2, 0) is 13.6 Å². The minimum absolute atomic E-state index is 0.176. The first kappa shape index (κ1) is 18.1. The molecule has 20 heavy (non-hydrogen) atoms. The molecule has 120 valence electrons. The molecule has 3 nitrogen and oxygen atoms in total. The molecule has 1 atom stereocenters. The van der Waals surface area contributed by atoms with Crippen LogP contribution in [-0.4, -0.2) is 33.6 Å². The molecule has 1 aliphatic rings. The van der Waals surface area contributed by atoms with E-state index in [9.17, 15) is 0 Å². The Morgan fingerprint density at radius 2 is 1.55 bits per heavy atom. The second-order valence-electron chi connectivity index (χ2n) is 6.99. The van der Waals surface area contributed by atoms with Gasteiger partial charge in [-0.1, -0.05) is 33.6 Å². The van der Waals surface area contributed by atoms with Crippen LogP contribution in [0.5, 0.6) is 0 Å². The quantitative estimate of drug-likeness (QED) is 0.651. The van der Waals surface area contributed by atoms with E-state index in [1.807, 2.05) is 0 Å². The third-order valence-corrected chi connectivity index (χ3v) is 8.50. The standard InChI is InChI=1S/C16H34O3Si/c1-7-17-16(14-15(4,5)6)12-10-11-13-20(16,18-8-2)19-9-3/h7-14H2,1-6H3. The first-order valence-corrected chi connectivity index (χ1v) is 10.3. The summed E-state index contributed by atoms with van der Waals surface area (Å²) in [5.74, 6) is 0. The van der Waals surface area contributed by atoms with Crippen LogP contribution in [0.1, 0.15) is 67.2 Å². The molecule has 1 saturated heterocycles. The van der Waals surface area contributed by atoms with Gasteiger partial charge in [-0.25, -0.2) is 0 Å². The largest absolute Gasteiger partial charge is 0.393 e. The van der Waals surface area contributed by atoms with Gasteiger partial charge in [0.15, 0.2) is 0 Å². The molecule has 0 radical (unpaired) electrons. The molecule has 0 saturated carbocycles. The van der Waals surface area contributed by atoms with Gasteiger partial charge in [-0.3, -0.25) is 0 Å². The molecule has 1 rings (SSSR count). The van der Waals surface area contributed by atoms with E-state index in [0.717, 1.165) is 38.7 Å². The Balaban J connectivity index is 3.16. The van der Waals surface area contributed by atoms with Gasteiger partial charge in [0, 0.05) is 19.8 Å². The van der Waals surface area contributed by atoms with Gasteiger partial charge in [0.05, 0.1) is 0 Å². The van der Waals surface area contributed by atoms with Crippen LogP contribution >= 0.6 is 0 Å². The first-order valence-electron chi connectivity index (χ1n) is 8.26. The lowest BCUT2D eigenvalue weighted by atomic mass is 9.87. The van der Waals surface area contributed by atoms with E-state index >= 15 is 0 Å². The fraction of sp³-hybridized carbons (Fsp3) is 1.00. The van der Waals surface area contributed by atoms with Gasteiger partial charge >= 0.3 is 8.56 Å². The summed E-state index contributed by atoms with van der Waals surface area (Å²) in [6.07, 6.45) is 4.56. The highest BCUT2D eigenvalue weighted by molar-refractivity contribution is 6.70. The van der Waals surface area contributed by atoms with Crippen LogP contribution in [0, 0.1) is 5.41 Å². The van der Waals surface area contributed by atoms with Crippen molar-refractivity contribution in [2.45, 2.75) is 78.5 Å². The average molecular weight is 303 g/mol. The van der Waals surface area contributed by atoms with Gasteiger partial charge in [0.1, 0.15) is 5.22 Å². The average Bonchev–Trinajstić information content (AvgIpc) is 2.32. The molecule has 0 bridgehead atoms. The fourth-order valence-corrected chi connectivity index (χ4v) is 8.41. The smallest absolute Gasteiger partial charge is 0.371 e. The molecule has 0 N–H and O–H groups in total. The lowest BCUT2D eigenvalue weighted by Crippen LogP contribution is -2.67. The molecule has 0 spiro atoms. The zero-order chi connectivity index (χ0) is 15.3. The van der Waals surface area contributed by atoms with Crippen LogP contribution in [0.4, 0.5) is 0 Å². The monoisotopic (exact) mass is 302 g/mol. The van der Waals surface area contributed by atoms with Crippen LogP contribution in [0.3, 0.4) is 0 Å². The van der Waals surface area contributed by atoms with E-state index in [4.69, 9.17) is 13.6 Å². The molecule has 1 heterocycles. The summed E-state index contributed by atoms with van der Waals surface area (Å²) >= 11 is 0. The van der Waals surface area contributed by atoms with E-state index in [1.165, 1.54) is 12.8 Å². The minimum atomic E-state index is -2.32. The molecule has 0 aliphatic carbocycles. The van der Waals surface area contributed by atoms with Crippen LogP contribution in [0.2, 0.25) is 6.04 Å². The second-order valence-corrected chi connectivity index (χ2v) is 10.5. The number of ether oxygens (including phenoxy) is 1. The first-order chi connectivity index (χ1) is 9.35. The molecule has 0 aromatic carbocycles. The normalized spacial score (nSPS) is 26.7. The molecule has 0 amide bonds. The van der Waals surface area contributed by atoms with Crippen molar-refractivity contribution in [2.24, 2.45) is 5.41 Å². The molecule has 1 unspecified atom stereocenters. The predicted molar refractivity (Wildman–Crippen MR) is 86.1 cm³/mol. The lowest BCUT2D eigenvalue weighted by molar-refractivity contribution is -0.0617. The van der Waals surface area contributed by atoms with Gasteiger partial charge in [-0.2, -0.15) is 0 Å². The fourth-order valence-electron chi connectivity index (χ4n) is 3.69. The topological polar surface area (TPSA) is 27.7 Å². The molecular weight excluding hydrogens is 268 g/mol. The Hall–Kier alpha value is 0.0969. The maximum absolute atomic E-state index is 6.38. The van der Waals surface area contributed by atoms with Crippen molar-refractivity contribution in [3.63, 3.8) is 0 Å². The molecular formula is C16H34O3Si. The summed E-state index contributed by atoms with van der Waals surface area (Å²) in [6.45, 7) is 15.3. The number of rotatable bonds is 7. The van der Waals surface area contributed by atoms with Crippen molar-refractivity contribution in [3.05, 3.63) is 0 Å². The van der Waals surface area contributed by atoms with E-state index in [2.05, 4.69) is 41.5 Å². The number of hydrogen-bond acceptors (Lipinski definition) is 3. The van der Waals surface area contributed by atoms with Crippen molar-refractivity contribution < 1.29 is 13.6 Å². The molecule has 1 fully saturated rings. The zero-order valence-corrected chi connectivity index (χ0v) is 15.4. The van der Waals surface area contributed by atoms with Crippen LogP contribution in [0.15, 0.2) is 0 Å². The SMILES string of the molecule is CCOC1(CC(C)(C)C)CCCC[Si]1(OCC)OCC. The Morgan fingerprint density at radius 3 is 2.00 bits per heavy atom. The molecule has 0 aromatic rings. The summed E-state index contributed by atoms with van der Waals surface area (Å²) < 4.78 is 19.0. The molecule has 0 aromatic heterocycles. The predicted octanol–water partition coefficient (Wildman–Crippen LogP) is 4.44. The Labute approximate surface area is 126 Å². The summed E-state index contributed by atoms with van der Waals surface area (Å²) in [7, 11) is -2.32. The highest BCUT2D eigenvalue weighted by atomic mass is 28.4. The lowest BCUT2D eigenvalue weighted by Gasteiger charge is -2.51. The summed E-state index contributed by atoms with van der Waals surface area (Å²) in [5, 5.41) is -0.176. The third kappa shape index (κ3) is 4.06. The Kier molecular flexibility index (Phi) is 6.70. The van der Waals surface area contributed by atoms with Crippen molar-refractivity contribution in [3.8, 4) is 0 Å². The number of hydrogen-bond donors (Lipinski definition) is 0. The maximum atomic E-state index is 6.38. The Morgan fingerprint density at radius 1 is 0.950 bits per heavy atom. The third-order valence-electron chi connectivity index (χ3n) is 4.02. The van der Waals surface area contributed by atoms with Crippen LogP contribution < -0.4 is 0 Å².